The van der Waals surface area contributed by atoms with E-state index in [-0.39, 0.29) is 17.7 Å². The van der Waals surface area contributed by atoms with Gasteiger partial charge in [0, 0.05) is 37.7 Å². The first-order valence-electron chi connectivity index (χ1n) is 9.57. The number of halogens is 1. The molecule has 0 atom stereocenters. The molecule has 148 valence electrons. The Labute approximate surface area is 171 Å². The van der Waals surface area contributed by atoms with Gasteiger partial charge in [0.05, 0.1) is 16.4 Å². The lowest BCUT2D eigenvalue weighted by Gasteiger charge is -2.38. The molecule has 1 heterocycles. The third-order valence-electron chi connectivity index (χ3n) is 4.95. The molecule has 2 aromatic rings. The highest BCUT2D eigenvalue weighted by atomic mass is 35.5. The first kappa shape index (κ1) is 20.2. The molecule has 6 heteroatoms. The number of piperazine rings is 1. The molecule has 3 rings (SSSR count). The van der Waals surface area contributed by atoms with Crippen LogP contribution in [0.5, 0.6) is 0 Å². The normalized spacial score (nSPS) is 14.3. The van der Waals surface area contributed by atoms with Crippen molar-refractivity contribution in [2.45, 2.75) is 20.8 Å². The summed E-state index contributed by atoms with van der Waals surface area (Å²) in [6, 6.07) is 13.0. The maximum atomic E-state index is 12.7. The van der Waals surface area contributed by atoms with Gasteiger partial charge in [0.15, 0.2) is 0 Å². The van der Waals surface area contributed by atoms with Crippen LogP contribution in [-0.4, -0.2) is 42.9 Å². The van der Waals surface area contributed by atoms with Crippen LogP contribution in [0.3, 0.4) is 0 Å². The lowest BCUT2D eigenvalue weighted by molar-refractivity contribution is -0.134. The Kier molecular flexibility index (Phi) is 6.25. The molecule has 5 nitrogen and oxygen atoms in total. The van der Waals surface area contributed by atoms with Crippen LogP contribution in [0.25, 0.3) is 0 Å². The van der Waals surface area contributed by atoms with Gasteiger partial charge in [-0.1, -0.05) is 49.2 Å². The van der Waals surface area contributed by atoms with Crippen molar-refractivity contribution in [2.24, 2.45) is 5.92 Å². The average molecular weight is 400 g/mol. The minimum atomic E-state index is -0.169. The number of benzene rings is 2. The zero-order chi connectivity index (χ0) is 20.3. The fourth-order valence-corrected chi connectivity index (χ4v) is 3.65. The van der Waals surface area contributed by atoms with Gasteiger partial charge in [0.1, 0.15) is 0 Å². The molecule has 2 aromatic carbocycles. The van der Waals surface area contributed by atoms with Crippen LogP contribution in [-0.2, 0) is 4.79 Å². The Morgan fingerprint density at radius 3 is 2.25 bits per heavy atom. The Morgan fingerprint density at radius 1 is 1.00 bits per heavy atom. The van der Waals surface area contributed by atoms with E-state index in [9.17, 15) is 9.59 Å². The predicted molar refractivity (Wildman–Crippen MR) is 114 cm³/mol. The summed E-state index contributed by atoms with van der Waals surface area (Å²) in [6.07, 6.45) is 0. The summed E-state index contributed by atoms with van der Waals surface area (Å²) in [4.78, 5) is 28.9. The van der Waals surface area contributed by atoms with Crippen LogP contribution in [0.2, 0.25) is 5.02 Å². The highest BCUT2D eigenvalue weighted by Gasteiger charge is 2.25. The van der Waals surface area contributed by atoms with Crippen molar-refractivity contribution in [3.8, 4) is 0 Å². The number of carbonyl (C=O) groups excluding carboxylic acids is 2. The summed E-state index contributed by atoms with van der Waals surface area (Å²) < 4.78 is 0. The molecule has 28 heavy (non-hydrogen) atoms. The Morgan fingerprint density at radius 2 is 1.64 bits per heavy atom. The second-order valence-electron chi connectivity index (χ2n) is 7.42. The van der Waals surface area contributed by atoms with Crippen molar-refractivity contribution in [2.75, 3.05) is 36.4 Å². The van der Waals surface area contributed by atoms with Gasteiger partial charge in [0.2, 0.25) is 5.91 Å². The van der Waals surface area contributed by atoms with E-state index in [2.05, 4.69) is 10.2 Å². The van der Waals surface area contributed by atoms with Crippen molar-refractivity contribution < 1.29 is 9.59 Å². The Balaban J connectivity index is 1.77. The molecule has 2 amide bonds. The number of aryl methyl sites for hydroxylation is 1. The van der Waals surface area contributed by atoms with E-state index in [0.29, 0.717) is 42.5 Å². The van der Waals surface area contributed by atoms with Crippen molar-refractivity contribution in [3.05, 3.63) is 58.6 Å². The minimum absolute atomic E-state index is 0.00350. The van der Waals surface area contributed by atoms with E-state index < -0.39 is 0 Å². The first-order valence-corrected chi connectivity index (χ1v) is 9.95. The van der Waals surface area contributed by atoms with Gasteiger partial charge in [0.25, 0.3) is 5.91 Å². The monoisotopic (exact) mass is 399 g/mol. The summed E-state index contributed by atoms with van der Waals surface area (Å²) in [5.41, 5.74) is 3.20. The lowest BCUT2D eigenvalue weighted by Crippen LogP contribution is -2.50. The van der Waals surface area contributed by atoms with Crippen molar-refractivity contribution in [1.29, 1.82) is 0 Å². The largest absolute Gasteiger partial charge is 0.365 e. The van der Waals surface area contributed by atoms with E-state index in [0.717, 1.165) is 11.3 Å². The minimum Gasteiger partial charge on any atom is -0.365 e. The summed E-state index contributed by atoms with van der Waals surface area (Å²) in [5, 5.41) is 3.58. The molecule has 0 saturated carbocycles. The SMILES string of the molecule is Cc1ccc(C(=O)Nc2cccc(Cl)c2N2CCN(C(=O)C(C)C)CC2)cc1. The van der Waals surface area contributed by atoms with E-state index >= 15 is 0 Å². The van der Waals surface area contributed by atoms with Gasteiger partial charge in [-0.05, 0) is 31.2 Å². The highest BCUT2D eigenvalue weighted by molar-refractivity contribution is 6.34. The van der Waals surface area contributed by atoms with Crippen molar-refractivity contribution in [1.82, 2.24) is 4.90 Å². The summed E-state index contributed by atoms with van der Waals surface area (Å²) in [6.45, 7) is 8.47. The molecule has 0 unspecified atom stereocenters. The first-order chi connectivity index (χ1) is 13.4. The third kappa shape index (κ3) is 4.47. The summed E-state index contributed by atoms with van der Waals surface area (Å²) in [7, 11) is 0. The topological polar surface area (TPSA) is 52.7 Å². The second kappa shape index (κ2) is 8.65. The van der Waals surface area contributed by atoms with Crippen molar-refractivity contribution in [3.63, 3.8) is 0 Å². The van der Waals surface area contributed by atoms with Gasteiger partial charge >= 0.3 is 0 Å². The molecule has 1 fully saturated rings. The van der Waals surface area contributed by atoms with Crippen LogP contribution < -0.4 is 10.2 Å². The molecule has 0 aromatic heterocycles. The van der Waals surface area contributed by atoms with E-state index in [1.165, 1.54) is 0 Å². The summed E-state index contributed by atoms with van der Waals surface area (Å²) in [5.74, 6) is 0.0000608. The van der Waals surface area contributed by atoms with E-state index in [1.807, 2.05) is 68.1 Å². The van der Waals surface area contributed by atoms with Crippen LogP contribution >= 0.6 is 11.6 Å². The number of rotatable bonds is 4. The van der Waals surface area contributed by atoms with Crippen molar-refractivity contribution >= 4 is 34.8 Å². The number of carbonyl (C=O) groups is 2. The number of nitrogens with zero attached hydrogens (tertiary/aromatic N) is 2. The van der Waals surface area contributed by atoms with Gasteiger partial charge in [-0.2, -0.15) is 0 Å². The van der Waals surface area contributed by atoms with Crippen LogP contribution in [0.1, 0.15) is 29.8 Å². The number of hydrogen-bond acceptors (Lipinski definition) is 3. The molecule has 0 spiro atoms. The van der Waals surface area contributed by atoms with E-state index in [1.54, 1.807) is 0 Å². The van der Waals surface area contributed by atoms with Gasteiger partial charge < -0.3 is 15.1 Å². The number of para-hydroxylation sites is 1. The molecular weight excluding hydrogens is 374 g/mol. The van der Waals surface area contributed by atoms with Gasteiger partial charge in [-0.25, -0.2) is 0 Å². The van der Waals surface area contributed by atoms with Crippen LogP contribution in [0.15, 0.2) is 42.5 Å². The fourth-order valence-electron chi connectivity index (χ4n) is 3.35. The molecule has 1 aliphatic rings. The number of amides is 2. The van der Waals surface area contributed by atoms with Crippen LogP contribution in [0, 0.1) is 12.8 Å². The maximum Gasteiger partial charge on any atom is 0.255 e. The molecule has 1 aliphatic heterocycles. The maximum absolute atomic E-state index is 12.7. The molecule has 1 saturated heterocycles. The Hall–Kier alpha value is -2.53. The highest BCUT2D eigenvalue weighted by Crippen LogP contribution is 2.35. The molecule has 0 radical (unpaired) electrons. The van der Waals surface area contributed by atoms with E-state index in [4.69, 9.17) is 11.6 Å². The van der Waals surface area contributed by atoms with Gasteiger partial charge in [-0.15, -0.1) is 0 Å². The molecule has 0 aliphatic carbocycles. The number of anilines is 2. The molecule has 0 bridgehead atoms. The van der Waals surface area contributed by atoms with Gasteiger partial charge in [-0.3, -0.25) is 9.59 Å². The summed E-state index contributed by atoms with van der Waals surface area (Å²) >= 11 is 6.49. The zero-order valence-corrected chi connectivity index (χ0v) is 17.3. The number of hydrogen-bond donors (Lipinski definition) is 1. The zero-order valence-electron chi connectivity index (χ0n) is 16.5. The molecule has 1 N–H and O–H groups in total. The predicted octanol–water partition coefficient (Wildman–Crippen LogP) is 4.21. The second-order valence-corrected chi connectivity index (χ2v) is 7.83. The third-order valence-corrected chi connectivity index (χ3v) is 5.26. The Bertz CT molecular complexity index is 857. The quantitative estimate of drug-likeness (QED) is 0.838. The molecular formula is C22H26ClN3O2. The number of nitrogens with one attached hydrogen (secondary N) is 1. The fraction of sp³-hybridized carbons (Fsp3) is 0.364. The lowest BCUT2D eigenvalue weighted by atomic mass is 10.1. The smallest absolute Gasteiger partial charge is 0.255 e. The van der Waals surface area contributed by atoms with Crippen LogP contribution in [0.4, 0.5) is 11.4 Å². The average Bonchev–Trinajstić information content (AvgIpc) is 2.68. The standard InChI is InChI=1S/C22H26ClN3O2/c1-15(2)22(28)26-13-11-25(12-14-26)20-18(23)5-4-6-19(20)24-21(27)17-9-7-16(3)8-10-17/h4-10,15H,11-14H2,1-3H3,(H,24,27).